The maximum absolute atomic E-state index is 5.53. The molecular formula is C7H6N4. The van der Waals surface area contributed by atoms with E-state index in [9.17, 15) is 0 Å². The SMILES string of the molecule is Nc1ncc2cnccnc1-2. The third-order valence-electron chi connectivity index (χ3n) is 1.43. The van der Waals surface area contributed by atoms with Gasteiger partial charge >= 0.3 is 0 Å². The monoisotopic (exact) mass is 146 g/mol. The summed E-state index contributed by atoms with van der Waals surface area (Å²) in [6, 6.07) is 0. The standard InChI is InChI=1S/C7H6N4/c8-7-6-5(4-11-7)3-9-1-2-10-6/h1-4H,(H2,8,11). The summed E-state index contributed by atoms with van der Waals surface area (Å²) < 4.78 is 0. The van der Waals surface area contributed by atoms with E-state index >= 15 is 0 Å². The molecule has 4 heteroatoms. The van der Waals surface area contributed by atoms with E-state index in [4.69, 9.17) is 5.73 Å². The summed E-state index contributed by atoms with van der Waals surface area (Å²) in [6.45, 7) is 0. The second-order valence-corrected chi connectivity index (χ2v) is 2.15. The first-order chi connectivity index (χ1) is 5.38. The summed E-state index contributed by atoms with van der Waals surface area (Å²) in [7, 11) is 0. The van der Waals surface area contributed by atoms with Gasteiger partial charge in [0.15, 0.2) is 0 Å². The summed E-state index contributed by atoms with van der Waals surface area (Å²) in [5, 5.41) is 0. The fraction of sp³-hybridized carbons (Fsp3) is 0. The van der Waals surface area contributed by atoms with Crippen LogP contribution in [0.4, 0.5) is 5.82 Å². The maximum Gasteiger partial charge on any atom is 0.150 e. The molecule has 0 aliphatic carbocycles. The van der Waals surface area contributed by atoms with Crippen LogP contribution in [-0.4, -0.2) is 15.0 Å². The smallest absolute Gasteiger partial charge is 0.150 e. The Hall–Kier alpha value is -1.71. The van der Waals surface area contributed by atoms with Crippen molar-refractivity contribution in [3.05, 3.63) is 24.8 Å². The highest BCUT2D eigenvalue weighted by Gasteiger charge is 2.06. The molecule has 0 aromatic carbocycles. The lowest BCUT2D eigenvalue weighted by Crippen LogP contribution is -1.86. The number of fused-ring (bicyclic) bond motifs is 1. The van der Waals surface area contributed by atoms with Crippen LogP contribution in [0.1, 0.15) is 0 Å². The molecule has 0 saturated carbocycles. The molecule has 0 radical (unpaired) electrons. The lowest BCUT2D eigenvalue weighted by atomic mass is 10.3. The van der Waals surface area contributed by atoms with Crippen LogP contribution in [0.3, 0.4) is 0 Å². The van der Waals surface area contributed by atoms with Crippen molar-refractivity contribution in [1.29, 1.82) is 0 Å². The summed E-state index contributed by atoms with van der Waals surface area (Å²) in [5.74, 6) is 0.456. The summed E-state index contributed by atoms with van der Waals surface area (Å²) in [5.41, 5.74) is 7.11. The third kappa shape index (κ3) is 0.881. The first-order valence-corrected chi connectivity index (χ1v) is 3.18. The van der Waals surface area contributed by atoms with Crippen molar-refractivity contribution >= 4 is 5.82 Å². The van der Waals surface area contributed by atoms with Crippen LogP contribution < -0.4 is 5.73 Å². The van der Waals surface area contributed by atoms with Gasteiger partial charge in [-0.2, -0.15) is 0 Å². The normalized spacial score (nSPS) is 10.2. The second kappa shape index (κ2) is 2.16. The number of nitrogens with zero attached hydrogens (tertiary/aromatic N) is 3. The van der Waals surface area contributed by atoms with Crippen molar-refractivity contribution in [3.63, 3.8) is 0 Å². The Balaban J connectivity index is 2.75. The molecule has 0 amide bonds. The zero-order valence-corrected chi connectivity index (χ0v) is 5.73. The quantitative estimate of drug-likeness (QED) is 0.589. The first kappa shape index (κ1) is 6.03. The number of anilines is 1. The predicted molar refractivity (Wildman–Crippen MR) is 40.9 cm³/mol. The van der Waals surface area contributed by atoms with Crippen LogP contribution in [0.25, 0.3) is 11.3 Å². The Morgan fingerprint density at radius 3 is 2.91 bits per heavy atom. The molecule has 4 nitrogen and oxygen atoms in total. The van der Waals surface area contributed by atoms with Crippen LogP contribution in [0, 0.1) is 0 Å². The minimum Gasteiger partial charge on any atom is -0.382 e. The van der Waals surface area contributed by atoms with Gasteiger partial charge in [-0.3, -0.25) is 9.97 Å². The van der Waals surface area contributed by atoms with E-state index in [1.807, 2.05) is 0 Å². The zero-order chi connectivity index (χ0) is 7.68. The average Bonchev–Trinajstić information content (AvgIpc) is 2.25. The minimum absolute atomic E-state index is 0.456. The molecule has 0 unspecified atom stereocenters. The first-order valence-electron chi connectivity index (χ1n) is 3.18. The highest BCUT2D eigenvalue weighted by molar-refractivity contribution is 5.70. The maximum atomic E-state index is 5.53. The number of rotatable bonds is 0. The van der Waals surface area contributed by atoms with E-state index in [2.05, 4.69) is 15.0 Å². The molecule has 2 heterocycles. The molecule has 0 atom stereocenters. The number of nitrogens with two attached hydrogens (primary N) is 1. The van der Waals surface area contributed by atoms with Crippen molar-refractivity contribution in [2.75, 3.05) is 5.73 Å². The van der Waals surface area contributed by atoms with Gasteiger partial charge in [0.1, 0.15) is 11.5 Å². The Labute approximate surface area is 63.5 Å². The van der Waals surface area contributed by atoms with Gasteiger partial charge in [0.2, 0.25) is 0 Å². The molecule has 0 saturated heterocycles. The van der Waals surface area contributed by atoms with Gasteiger partial charge in [-0.15, -0.1) is 0 Å². The Bertz CT molecular complexity index is 346. The van der Waals surface area contributed by atoms with Crippen LogP contribution in [0.15, 0.2) is 24.8 Å². The number of nitrogen functional groups attached to an aromatic ring is 1. The lowest BCUT2D eigenvalue weighted by Gasteiger charge is -1.86. The van der Waals surface area contributed by atoms with E-state index in [0.717, 1.165) is 5.56 Å². The Morgan fingerprint density at radius 1 is 1.09 bits per heavy atom. The third-order valence-corrected chi connectivity index (χ3v) is 1.43. The largest absolute Gasteiger partial charge is 0.382 e. The lowest BCUT2D eigenvalue weighted by molar-refractivity contribution is 1.31. The predicted octanol–water partition coefficient (Wildman–Crippen LogP) is 0.559. The topological polar surface area (TPSA) is 64.7 Å². The molecule has 0 aromatic rings. The fourth-order valence-electron chi connectivity index (χ4n) is 0.914. The van der Waals surface area contributed by atoms with E-state index in [0.29, 0.717) is 11.5 Å². The van der Waals surface area contributed by atoms with Gasteiger partial charge in [0, 0.05) is 30.4 Å². The molecule has 0 bridgehead atoms. The van der Waals surface area contributed by atoms with Gasteiger partial charge < -0.3 is 5.73 Å². The summed E-state index contributed by atoms with van der Waals surface area (Å²) in [6.07, 6.45) is 6.55. The minimum atomic E-state index is 0.456. The highest BCUT2D eigenvalue weighted by Crippen LogP contribution is 2.21. The molecule has 54 valence electrons. The van der Waals surface area contributed by atoms with Crippen LogP contribution in [0.5, 0.6) is 0 Å². The zero-order valence-electron chi connectivity index (χ0n) is 5.73. The number of aromatic nitrogens is 3. The van der Waals surface area contributed by atoms with Crippen LogP contribution in [-0.2, 0) is 0 Å². The van der Waals surface area contributed by atoms with Gasteiger partial charge in [-0.1, -0.05) is 0 Å². The van der Waals surface area contributed by atoms with E-state index in [-0.39, 0.29) is 0 Å². The number of hydrogen-bond acceptors (Lipinski definition) is 4. The molecule has 11 heavy (non-hydrogen) atoms. The van der Waals surface area contributed by atoms with Gasteiger partial charge in [-0.05, 0) is 0 Å². The molecule has 2 aliphatic heterocycles. The van der Waals surface area contributed by atoms with E-state index < -0.39 is 0 Å². The molecule has 2 aliphatic rings. The van der Waals surface area contributed by atoms with Crippen molar-refractivity contribution < 1.29 is 0 Å². The summed E-state index contributed by atoms with van der Waals surface area (Å²) >= 11 is 0. The van der Waals surface area contributed by atoms with Crippen molar-refractivity contribution in [2.24, 2.45) is 0 Å². The summed E-state index contributed by atoms with van der Waals surface area (Å²) in [4.78, 5) is 11.9. The van der Waals surface area contributed by atoms with E-state index in [1.54, 1.807) is 24.8 Å². The molecule has 0 fully saturated rings. The van der Waals surface area contributed by atoms with Gasteiger partial charge in [-0.25, -0.2) is 4.98 Å². The Morgan fingerprint density at radius 2 is 2.00 bits per heavy atom. The van der Waals surface area contributed by atoms with E-state index in [1.165, 1.54) is 0 Å². The second-order valence-electron chi connectivity index (χ2n) is 2.15. The number of hydrogen-bond donors (Lipinski definition) is 1. The average molecular weight is 146 g/mol. The van der Waals surface area contributed by atoms with Gasteiger partial charge in [0.05, 0.1) is 0 Å². The molecule has 2 N–H and O–H groups in total. The van der Waals surface area contributed by atoms with Crippen molar-refractivity contribution in [3.8, 4) is 11.3 Å². The van der Waals surface area contributed by atoms with Crippen molar-refractivity contribution in [1.82, 2.24) is 15.0 Å². The highest BCUT2D eigenvalue weighted by atomic mass is 14.9. The molecule has 2 rings (SSSR count). The van der Waals surface area contributed by atoms with Crippen LogP contribution in [0.2, 0.25) is 0 Å². The van der Waals surface area contributed by atoms with Gasteiger partial charge in [0.25, 0.3) is 0 Å². The molecule has 0 spiro atoms. The van der Waals surface area contributed by atoms with Crippen molar-refractivity contribution in [2.45, 2.75) is 0 Å². The van der Waals surface area contributed by atoms with Crippen LogP contribution >= 0.6 is 0 Å². The molecular weight excluding hydrogens is 140 g/mol. The Kier molecular flexibility index (Phi) is 1.18. The molecule has 0 aromatic heterocycles. The fourth-order valence-corrected chi connectivity index (χ4v) is 0.914.